The van der Waals surface area contributed by atoms with Gasteiger partial charge in [-0.2, -0.15) is 13.2 Å². The number of aromatic nitrogens is 2. The van der Waals surface area contributed by atoms with Crippen LogP contribution < -0.4 is 5.32 Å². The van der Waals surface area contributed by atoms with E-state index in [0.717, 1.165) is 12.1 Å². The molecule has 0 spiro atoms. The second kappa shape index (κ2) is 5.63. The summed E-state index contributed by atoms with van der Waals surface area (Å²) in [4.78, 5) is 6.63. The Kier molecular flexibility index (Phi) is 4.06. The Balaban J connectivity index is 2.59. The van der Waals surface area contributed by atoms with Crippen molar-refractivity contribution >= 4 is 5.82 Å². The molecule has 8 heteroatoms. The number of hydrogen-bond acceptors (Lipinski definition) is 3. The maximum absolute atomic E-state index is 13.7. The van der Waals surface area contributed by atoms with E-state index in [4.69, 9.17) is 0 Å². The number of benzene rings is 1. The molecular formula is C13H10F5N3. The largest absolute Gasteiger partial charge is 0.451 e. The van der Waals surface area contributed by atoms with Gasteiger partial charge in [-0.05, 0) is 19.1 Å². The van der Waals surface area contributed by atoms with Gasteiger partial charge in [0.25, 0.3) is 0 Å². The Bertz CT molecular complexity index is 655. The summed E-state index contributed by atoms with van der Waals surface area (Å²) >= 11 is 0. The normalized spacial score (nSPS) is 11.5. The molecular weight excluding hydrogens is 293 g/mol. The van der Waals surface area contributed by atoms with Crippen LogP contribution in [0.5, 0.6) is 0 Å². The molecule has 0 aliphatic rings. The Labute approximate surface area is 116 Å². The average molecular weight is 303 g/mol. The fraction of sp³-hybridized carbons (Fsp3) is 0.231. The van der Waals surface area contributed by atoms with Gasteiger partial charge in [-0.15, -0.1) is 0 Å². The maximum Gasteiger partial charge on any atom is 0.451 e. The van der Waals surface area contributed by atoms with E-state index in [1.807, 2.05) is 0 Å². The number of alkyl halides is 3. The number of rotatable bonds is 3. The standard InChI is InChI=1S/C13H10F5N3/c1-2-19-11-6-10(20-12(21-11)13(16,17)18)8-4-3-7(14)5-9(8)15/h3-6H,2H2,1H3,(H,19,20,21). The Morgan fingerprint density at radius 2 is 1.81 bits per heavy atom. The fourth-order valence-electron chi connectivity index (χ4n) is 1.68. The summed E-state index contributed by atoms with van der Waals surface area (Å²) in [5.74, 6) is -3.30. The predicted molar refractivity (Wildman–Crippen MR) is 66.5 cm³/mol. The molecule has 0 aliphatic heterocycles. The van der Waals surface area contributed by atoms with Crippen molar-refractivity contribution in [2.75, 3.05) is 11.9 Å². The average Bonchev–Trinajstić information content (AvgIpc) is 2.37. The van der Waals surface area contributed by atoms with Crippen LogP contribution in [0.1, 0.15) is 12.7 Å². The van der Waals surface area contributed by atoms with Gasteiger partial charge in [-0.1, -0.05) is 0 Å². The van der Waals surface area contributed by atoms with Crippen LogP contribution in [0.15, 0.2) is 24.3 Å². The molecule has 2 aromatic rings. The summed E-state index contributed by atoms with van der Waals surface area (Å²) in [7, 11) is 0. The lowest BCUT2D eigenvalue weighted by Gasteiger charge is -2.11. The maximum atomic E-state index is 13.7. The van der Waals surface area contributed by atoms with E-state index < -0.39 is 23.6 Å². The number of nitrogens with one attached hydrogen (secondary N) is 1. The van der Waals surface area contributed by atoms with Crippen molar-refractivity contribution in [3.63, 3.8) is 0 Å². The van der Waals surface area contributed by atoms with E-state index >= 15 is 0 Å². The Morgan fingerprint density at radius 3 is 2.38 bits per heavy atom. The first-order chi connectivity index (χ1) is 9.81. The summed E-state index contributed by atoms with van der Waals surface area (Å²) in [5.41, 5.74) is -0.505. The molecule has 3 nitrogen and oxygen atoms in total. The van der Waals surface area contributed by atoms with Crippen LogP contribution in [-0.4, -0.2) is 16.5 Å². The van der Waals surface area contributed by atoms with Crippen molar-refractivity contribution in [2.24, 2.45) is 0 Å². The summed E-state index contributed by atoms with van der Waals surface area (Å²) in [6.45, 7) is 2.01. The molecule has 0 unspecified atom stereocenters. The summed E-state index contributed by atoms with van der Waals surface area (Å²) in [6.07, 6.45) is -4.77. The van der Waals surface area contributed by atoms with Gasteiger partial charge in [0.1, 0.15) is 17.5 Å². The molecule has 0 aliphatic carbocycles. The molecule has 0 amide bonds. The lowest BCUT2D eigenvalue weighted by atomic mass is 10.1. The van der Waals surface area contributed by atoms with Crippen molar-refractivity contribution in [2.45, 2.75) is 13.1 Å². The van der Waals surface area contributed by atoms with E-state index in [1.165, 1.54) is 6.07 Å². The summed E-state index contributed by atoms with van der Waals surface area (Å²) < 4.78 is 64.8. The Hall–Kier alpha value is -2.25. The van der Waals surface area contributed by atoms with Crippen LogP contribution in [0.25, 0.3) is 11.3 Å². The minimum absolute atomic E-state index is 0.0847. The van der Waals surface area contributed by atoms with Crippen molar-refractivity contribution in [3.8, 4) is 11.3 Å². The van der Waals surface area contributed by atoms with Crippen molar-refractivity contribution in [1.82, 2.24) is 9.97 Å². The van der Waals surface area contributed by atoms with E-state index in [-0.39, 0.29) is 17.1 Å². The highest BCUT2D eigenvalue weighted by Crippen LogP contribution is 2.30. The third-order valence-corrected chi connectivity index (χ3v) is 2.54. The number of halogens is 5. The van der Waals surface area contributed by atoms with Gasteiger partial charge < -0.3 is 5.32 Å². The van der Waals surface area contributed by atoms with E-state index in [9.17, 15) is 22.0 Å². The quantitative estimate of drug-likeness (QED) is 0.875. The summed E-state index contributed by atoms with van der Waals surface area (Å²) in [5, 5.41) is 2.61. The van der Waals surface area contributed by atoms with Gasteiger partial charge in [-0.3, -0.25) is 0 Å². The van der Waals surface area contributed by atoms with E-state index in [2.05, 4.69) is 15.3 Å². The van der Waals surface area contributed by atoms with Crippen LogP contribution in [0.2, 0.25) is 0 Å². The van der Waals surface area contributed by atoms with Crippen LogP contribution in [0.3, 0.4) is 0 Å². The first-order valence-corrected chi connectivity index (χ1v) is 5.97. The molecule has 2 rings (SSSR count). The van der Waals surface area contributed by atoms with Crippen molar-refractivity contribution in [3.05, 3.63) is 41.7 Å². The molecule has 0 atom stereocenters. The highest BCUT2D eigenvalue weighted by Gasteiger charge is 2.35. The van der Waals surface area contributed by atoms with E-state index in [0.29, 0.717) is 12.6 Å². The molecule has 0 fully saturated rings. The highest BCUT2D eigenvalue weighted by molar-refractivity contribution is 5.63. The van der Waals surface area contributed by atoms with Gasteiger partial charge in [0.2, 0.25) is 5.82 Å². The lowest BCUT2D eigenvalue weighted by Crippen LogP contribution is -2.14. The van der Waals surface area contributed by atoms with Crippen LogP contribution in [0.4, 0.5) is 27.8 Å². The second-order valence-electron chi connectivity index (χ2n) is 4.11. The Morgan fingerprint density at radius 1 is 1.10 bits per heavy atom. The first-order valence-electron chi connectivity index (χ1n) is 5.97. The van der Waals surface area contributed by atoms with Gasteiger partial charge in [0, 0.05) is 24.2 Å². The molecule has 1 N–H and O–H groups in total. The van der Waals surface area contributed by atoms with Gasteiger partial charge in [-0.25, -0.2) is 18.7 Å². The summed E-state index contributed by atoms with van der Waals surface area (Å²) in [6, 6.07) is 3.73. The van der Waals surface area contributed by atoms with Gasteiger partial charge in [0.15, 0.2) is 0 Å². The monoisotopic (exact) mass is 303 g/mol. The third-order valence-electron chi connectivity index (χ3n) is 2.54. The molecule has 0 saturated heterocycles. The molecule has 0 bridgehead atoms. The molecule has 112 valence electrons. The SMILES string of the molecule is CCNc1cc(-c2ccc(F)cc2F)nc(C(F)(F)F)n1. The molecule has 21 heavy (non-hydrogen) atoms. The third kappa shape index (κ3) is 3.45. The number of hydrogen-bond donors (Lipinski definition) is 1. The van der Waals surface area contributed by atoms with Gasteiger partial charge >= 0.3 is 6.18 Å². The topological polar surface area (TPSA) is 37.8 Å². The smallest absolute Gasteiger partial charge is 0.370 e. The zero-order chi connectivity index (χ0) is 15.6. The molecule has 1 aromatic heterocycles. The minimum Gasteiger partial charge on any atom is -0.370 e. The first kappa shape index (κ1) is 15.1. The minimum atomic E-state index is -4.77. The van der Waals surface area contributed by atoms with E-state index in [1.54, 1.807) is 6.92 Å². The van der Waals surface area contributed by atoms with Crippen LogP contribution in [0, 0.1) is 11.6 Å². The molecule has 1 aromatic carbocycles. The van der Waals surface area contributed by atoms with Gasteiger partial charge in [0.05, 0.1) is 5.69 Å². The van der Waals surface area contributed by atoms with Crippen molar-refractivity contribution in [1.29, 1.82) is 0 Å². The zero-order valence-corrected chi connectivity index (χ0v) is 10.8. The zero-order valence-electron chi connectivity index (χ0n) is 10.8. The lowest BCUT2D eigenvalue weighted by molar-refractivity contribution is -0.144. The van der Waals surface area contributed by atoms with Crippen LogP contribution in [-0.2, 0) is 6.18 Å². The second-order valence-corrected chi connectivity index (χ2v) is 4.11. The molecule has 0 saturated carbocycles. The number of anilines is 1. The highest BCUT2D eigenvalue weighted by atomic mass is 19.4. The van der Waals surface area contributed by atoms with Crippen LogP contribution >= 0.6 is 0 Å². The van der Waals surface area contributed by atoms with Crippen molar-refractivity contribution < 1.29 is 22.0 Å². The number of nitrogens with zero attached hydrogens (tertiary/aromatic N) is 2. The predicted octanol–water partition coefficient (Wildman–Crippen LogP) is 3.87. The molecule has 0 radical (unpaired) electrons. The molecule has 1 heterocycles. The fourth-order valence-corrected chi connectivity index (χ4v) is 1.68.